The SMILES string of the molecule is CCC(CO)N(CC=C(C)C)Cc1cccnc1. The summed E-state index contributed by atoms with van der Waals surface area (Å²) in [5, 5.41) is 9.46. The van der Waals surface area contributed by atoms with Gasteiger partial charge in [-0.25, -0.2) is 0 Å². The molecule has 0 saturated heterocycles. The Bertz CT molecular complexity index is 354. The molecule has 0 amide bonds. The Balaban J connectivity index is 2.73. The second-order valence-electron chi connectivity index (χ2n) is 4.82. The van der Waals surface area contributed by atoms with Crippen molar-refractivity contribution < 1.29 is 5.11 Å². The van der Waals surface area contributed by atoms with E-state index in [0.717, 1.165) is 19.5 Å². The zero-order valence-electron chi connectivity index (χ0n) is 11.6. The molecule has 3 heteroatoms. The maximum atomic E-state index is 9.46. The Morgan fingerprint density at radius 3 is 2.78 bits per heavy atom. The summed E-state index contributed by atoms with van der Waals surface area (Å²) in [4.78, 5) is 6.44. The molecular weight excluding hydrogens is 224 g/mol. The Kier molecular flexibility index (Phi) is 6.61. The largest absolute Gasteiger partial charge is 0.395 e. The molecular formula is C15H24N2O. The maximum absolute atomic E-state index is 9.46. The van der Waals surface area contributed by atoms with Gasteiger partial charge < -0.3 is 5.11 Å². The minimum absolute atomic E-state index is 0.202. The van der Waals surface area contributed by atoms with Gasteiger partial charge in [0.2, 0.25) is 0 Å². The fourth-order valence-electron chi connectivity index (χ4n) is 1.87. The molecule has 0 aliphatic carbocycles. The highest BCUT2D eigenvalue weighted by molar-refractivity contribution is 5.09. The molecule has 0 aromatic carbocycles. The van der Waals surface area contributed by atoms with E-state index in [9.17, 15) is 5.11 Å². The van der Waals surface area contributed by atoms with Crippen LogP contribution in [0.15, 0.2) is 36.2 Å². The molecule has 1 N–H and O–H groups in total. The van der Waals surface area contributed by atoms with Crippen LogP contribution in [0.3, 0.4) is 0 Å². The van der Waals surface area contributed by atoms with Gasteiger partial charge in [-0.3, -0.25) is 9.88 Å². The monoisotopic (exact) mass is 248 g/mol. The molecule has 0 saturated carbocycles. The lowest BCUT2D eigenvalue weighted by Crippen LogP contribution is -2.37. The quantitative estimate of drug-likeness (QED) is 0.754. The van der Waals surface area contributed by atoms with Crippen molar-refractivity contribution in [2.75, 3.05) is 13.2 Å². The molecule has 0 fully saturated rings. The van der Waals surface area contributed by atoms with Gasteiger partial charge in [0.15, 0.2) is 0 Å². The molecule has 3 nitrogen and oxygen atoms in total. The summed E-state index contributed by atoms with van der Waals surface area (Å²) in [7, 11) is 0. The first-order chi connectivity index (χ1) is 8.67. The van der Waals surface area contributed by atoms with Crippen LogP contribution in [0, 0.1) is 0 Å². The van der Waals surface area contributed by atoms with Gasteiger partial charge >= 0.3 is 0 Å². The summed E-state index contributed by atoms with van der Waals surface area (Å²) in [6.07, 6.45) is 6.83. The Hall–Kier alpha value is -1.19. The number of aliphatic hydroxyl groups excluding tert-OH is 1. The van der Waals surface area contributed by atoms with Crippen molar-refractivity contribution in [3.05, 3.63) is 41.7 Å². The second-order valence-corrected chi connectivity index (χ2v) is 4.82. The molecule has 1 rings (SSSR count). The minimum atomic E-state index is 0.202. The summed E-state index contributed by atoms with van der Waals surface area (Å²) in [6.45, 7) is 8.21. The van der Waals surface area contributed by atoms with Gasteiger partial charge in [0.05, 0.1) is 6.61 Å². The molecule has 18 heavy (non-hydrogen) atoms. The number of nitrogens with zero attached hydrogens (tertiary/aromatic N) is 2. The van der Waals surface area contributed by atoms with E-state index in [-0.39, 0.29) is 12.6 Å². The van der Waals surface area contributed by atoms with E-state index in [4.69, 9.17) is 0 Å². The average molecular weight is 248 g/mol. The van der Waals surface area contributed by atoms with Crippen LogP contribution >= 0.6 is 0 Å². The normalized spacial score (nSPS) is 12.5. The summed E-state index contributed by atoms with van der Waals surface area (Å²) in [5.74, 6) is 0. The molecule has 0 radical (unpaired) electrons. The standard InChI is InChI=1S/C15H24N2O/c1-4-15(12-18)17(9-7-13(2)3)11-14-6-5-8-16-10-14/h5-8,10,15,18H,4,9,11-12H2,1-3H3. The number of pyridine rings is 1. The number of aromatic nitrogens is 1. The van der Waals surface area contributed by atoms with E-state index in [1.807, 2.05) is 12.3 Å². The highest BCUT2D eigenvalue weighted by Crippen LogP contribution is 2.10. The van der Waals surface area contributed by atoms with Crippen LogP contribution in [-0.4, -0.2) is 34.2 Å². The molecule has 1 atom stereocenters. The average Bonchev–Trinajstić information content (AvgIpc) is 2.38. The van der Waals surface area contributed by atoms with Crippen molar-refractivity contribution in [3.8, 4) is 0 Å². The van der Waals surface area contributed by atoms with Crippen LogP contribution < -0.4 is 0 Å². The van der Waals surface area contributed by atoms with Crippen molar-refractivity contribution in [1.29, 1.82) is 0 Å². The van der Waals surface area contributed by atoms with E-state index in [1.165, 1.54) is 11.1 Å². The number of rotatable bonds is 7. The van der Waals surface area contributed by atoms with Crippen LogP contribution in [0.2, 0.25) is 0 Å². The van der Waals surface area contributed by atoms with Crippen LogP contribution in [0.5, 0.6) is 0 Å². The first kappa shape index (κ1) is 14.9. The summed E-state index contributed by atoms with van der Waals surface area (Å²) < 4.78 is 0. The van der Waals surface area contributed by atoms with Gasteiger partial charge in [-0.2, -0.15) is 0 Å². The van der Waals surface area contributed by atoms with E-state index in [2.05, 4.69) is 42.8 Å². The molecule has 1 aromatic heterocycles. The predicted octanol–water partition coefficient (Wildman–Crippen LogP) is 2.62. The number of aliphatic hydroxyl groups is 1. The lowest BCUT2D eigenvalue weighted by atomic mass is 10.1. The number of hydrogen-bond donors (Lipinski definition) is 1. The number of allylic oxidation sites excluding steroid dienone is 1. The fraction of sp³-hybridized carbons (Fsp3) is 0.533. The third-order valence-corrected chi connectivity index (χ3v) is 3.04. The lowest BCUT2D eigenvalue weighted by molar-refractivity contribution is 0.124. The molecule has 0 aliphatic heterocycles. The summed E-state index contributed by atoms with van der Waals surface area (Å²) >= 11 is 0. The van der Waals surface area contributed by atoms with E-state index < -0.39 is 0 Å². The first-order valence-electron chi connectivity index (χ1n) is 6.54. The Morgan fingerprint density at radius 1 is 1.50 bits per heavy atom. The zero-order chi connectivity index (χ0) is 13.4. The van der Waals surface area contributed by atoms with Crippen molar-refractivity contribution in [3.63, 3.8) is 0 Å². The van der Waals surface area contributed by atoms with E-state index >= 15 is 0 Å². The maximum Gasteiger partial charge on any atom is 0.0587 e. The zero-order valence-corrected chi connectivity index (χ0v) is 11.6. The van der Waals surface area contributed by atoms with E-state index in [0.29, 0.717) is 0 Å². The van der Waals surface area contributed by atoms with E-state index in [1.54, 1.807) is 6.20 Å². The van der Waals surface area contributed by atoms with Crippen molar-refractivity contribution >= 4 is 0 Å². The molecule has 0 spiro atoms. The van der Waals surface area contributed by atoms with Gasteiger partial charge in [-0.05, 0) is 31.9 Å². The van der Waals surface area contributed by atoms with Gasteiger partial charge in [0.25, 0.3) is 0 Å². The molecule has 0 aliphatic rings. The van der Waals surface area contributed by atoms with Crippen LogP contribution in [0.1, 0.15) is 32.8 Å². The highest BCUT2D eigenvalue weighted by Gasteiger charge is 2.15. The van der Waals surface area contributed by atoms with Gasteiger partial charge in [-0.1, -0.05) is 24.6 Å². The van der Waals surface area contributed by atoms with Gasteiger partial charge in [0.1, 0.15) is 0 Å². The molecule has 1 heterocycles. The smallest absolute Gasteiger partial charge is 0.0587 e. The van der Waals surface area contributed by atoms with Gasteiger partial charge in [0, 0.05) is 31.5 Å². The lowest BCUT2D eigenvalue weighted by Gasteiger charge is -2.28. The predicted molar refractivity (Wildman–Crippen MR) is 75.2 cm³/mol. The summed E-state index contributed by atoms with van der Waals surface area (Å²) in [5.41, 5.74) is 2.49. The molecule has 0 bridgehead atoms. The molecule has 1 aromatic rings. The third-order valence-electron chi connectivity index (χ3n) is 3.04. The summed E-state index contributed by atoms with van der Waals surface area (Å²) in [6, 6.07) is 4.24. The van der Waals surface area contributed by atoms with Crippen LogP contribution in [0.25, 0.3) is 0 Å². The topological polar surface area (TPSA) is 36.4 Å². The molecule has 1 unspecified atom stereocenters. The van der Waals surface area contributed by atoms with Crippen molar-refractivity contribution in [2.45, 2.75) is 39.8 Å². The van der Waals surface area contributed by atoms with Crippen LogP contribution in [-0.2, 0) is 6.54 Å². The molecule has 100 valence electrons. The van der Waals surface area contributed by atoms with Crippen molar-refractivity contribution in [1.82, 2.24) is 9.88 Å². The first-order valence-corrected chi connectivity index (χ1v) is 6.54. The Morgan fingerprint density at radius 2 is 2.28 bits per heavy atom. The van der Waals surface area contributed by atoms with Crippen molar-refractivity contribution in [2.24, 2.45) is 0 Å². The third kappa shape index (κ3) is 4.98. The number of hydrogen-bond acceptors (Lipinski definition) is 3. The van der Waals surface area contributed by atoms with Crippen LogP contribution in [0.4, 0.5) is 0 Å². The highest BCUT2D eigenvalue weighted by atomic mass is 16.3. The fourth-order valence-corrected chi connectivity index (χ4v) is 1.87. The Labute approximate surface area is 110 Å². The second kappa shape index (κ2) is 8.01. The van der Waals surface area contributed by atoms with Gasteiger partial charge in [-0.15, -0.1) is 0 Å². The minimum Gasteiger partial charge on any atom is -0.395 e.